The summed E-state index contributed by atoms with van der Waals surface area (Å²) in [6, 6.07) is 13.3. The Morgan fingerprint density at radius 3 is 2.57 bits per heavy atom. The third-order valence-electron chi connectivity index (χ3n) is 3.98. The van der Waals surface area contributed by atoms with Crippen molar-refractivity contribution in [2.45, 2.75) is 29.3 Å². The molecule has 1 N–H and O–H groups in total. The van der Waals surface area contributed by atoms with Crippen LogP contribution in [0.3, 0.4) is 0 Å². The van der Waals surface area contributed by atoms with Gasteiger partial charge in [-0.1, -0.05) is 41.6 Å². The molecule has 1 heterocycles. The molecule has 1 atom stereocenters. The van der Waals surface area contributed by atoms with Crippen molar-refractivity contribution in [2.24, 2.45) is 0 Å². The summed E-state index contributed by atoms with van der Waals surface area (Å²) in [6.07, 6.45) is -2.63. The van der Waals surface area contributed by atoms with Gasteiger partial charge in [-0.05, 0) is 23.8 Å². The number of carboxylic acids is 1. The molecule has 9 heteroatoms. The van der Waals surface area contributed by atoms with E-state index in [-0.39, 0.29) is 12.2 Å². The van der Waals surface area contributed by atoms with E-state index in [0.717, 1.165) is 17.7 Å². The van der Waals surface area contributed by atoms with E-state index in [1.165, 1.54) is 28.7 Å². The minimum Gasteiger partial charge on any atom is -0.480 e. The first-order valence-corrected chi connectivity index (χ1v) is 9.29. The monoisotopic (exact) mass is 407 g/mol. The van der Waals surface area contributed by atoms with Gasteiger partial charge in [-0.25, -0.2) is 9.48 Å². The van der Waals surface area contributed by atoms with Crippen molar-refractivity contribution >= 4 is 17.7 Å². The summed E-state index contributed by atoms with van der Waals surface area (Å²) < 4.78 is 39.6. The van der Waals surface area contributed by atoms with Crippen molar-refractivity contribution in [3.05, 3.63) is 77.6 Å². The molecule has 0 fully saturated rings. The average Bonchev–Trinajstić information content (AvgIpc) is 3.13. The van der Waals surface area contributed by atoms with E-state index in [1.54, 1.807) is 6.07 Å². The molecule has 0 unspecified atom stereocenters. The molecule has 3 aromatic rings. The summed E-state index contributed by atoms with van der Waals surface area (Å²) in [5.74, 6) is -0.759. The molecule has 2 aromatic carbocycles. The van der Waals surface area contributed by atoms with Gasteiger partial charge in [0.05, 0.1) is 17.5 Å². The van der Waals surface area contributed by atoms with Crippen LogP contribution in [0.25, 0.3) is 0 Å². The van der Waals surface area contributed by atoms with Crippen LogP contribution in [0, 0.1) is 0 Å². The Labute approximate surface area is 163 Å². The third kappa shape index (κ3) is 5.13. The first kappa shape index (κ1) is 19.9. The molecule has 0 aliphatic heterocycles. The van der Waals surface area contributed by atoms with Gasteiger partial charge in [0, 0.05) is 17.1 Å². The van der Waals surface area contributed by atoms with Crippen LogP contribution in [0.2, 0.25) is 0 Å². The highest BCUT2D eigenvalue weighted by Gasteiger charge is 2.30. The number of carbonyl (C=O) groups is 1. The van der Waals surface area contributed by atoms with Crippen molar-refractivity contribution in [1.82, 2.24) is 15.0 Å². The summed E-state index contributed by atoms with van der Waals surface area (Å²) in [7, 11) is 0. The molecule has 1 aromatic heterocycles. The van der Waals surface area contributed by atoms with Crippen LogP contribution in [-0.2, 0) is 23.1 Å². The molecular formula is C19H16F3N3O2S. The molecule has 0 saturated heterocycles. The number of hydrogen-bond donors (Lipinski definition) is 1. The SMILES string of the molecule is O=C(O)[C@@H](Cc1ccccc1)n1cc(CSc2cccc(C(F)(F)F)c2)nn1. The fourth-order valence-electron chi connectivity index (χ4n) is 2.58. The van der Waals surface area contributed by atoms with E-state index < -0.39 is 23.8 Å². The quantitative estimate of drug-likeness (QED) is 0.586. The normalized spacial score (nSPS) is 12.7. The van der Waals surface area contributed by atoms with E-state index in [4.69, 9.17) is 0 Å². The first-order valence-electron chi connectivity index (χ1n) is 8.30. The smallest absolute Gasteiger partial charge is 0.416 e. The molecule has 146 valence electrons. The maximum Gasteiger partial charge on any atom is 0.416 e. The second-order valence-corrected chi connectivity index (χ2v) is 7.10. The molecule has 0 spiro atoms. The summed E-state index contributed by atoms with van der Waals surface area (Å²) in [5.41, 5.74) is 0.627. The predicted octanol–water partition coefficient (Wildman–Crippen LogP) is 4.46. The largest absolute Gasteiger partial charge is 0.480 e. The van der Waals surface area contributed by atoms with Gasteiger partial charge in [0.25, 0.3) is 0 Å². The molecule has 3 rings (SSSR count). The van der Waals surface area contributed by atoms with Crippen molar-refractivity contribution in [2.75, 3.05) is 0 Å². The zero-order valence-electron chi connectivity index (χ0n) is 14.5. The number of carboxylic acid groups (broad SMARTS) is 1. The lowest BCUT2D eigenvalue weighted by molar-refractivity contribution is -0.141. The molecule has 0 saturated carbocycles. The topological polar surface area (TPSA) is 68.0 Å². The first-order chi connectivity index (χ1) is 13.3. The van der Waals surface area contributed by atoms with Crippen LogP contribution in [-0.4, -0.2) is 26.1 Å². The van der Waals surface area contributed by atoms with Crippen LogP contribution < -0.4 is 0 Å². The molecule has 0 radical (unpaired) electrons. The number of aliphatic carboxylic acids is 1. The number of thioether (sulfide) groups is 1. The maximum atomic E-state index is 12.8. The van der Waals surface area contributed by atoms with E-state index >= 15 is 0 Å². The third-order valence-corrected chi connectivity index (χ3v) is 5.01. The summed E-state index contributed by atoms with van der Waals surface area (Å²) >= 11 is 1.18. The molecule has 0 aliphatic rings. The lowest BCUT2D eigenvalue weighted by Crippen LogP contribution is -2.22. The highest BCUT2D eigenvalue weighted by molar-refractivity contribution is 7.98. The van der Waals surface area contributed by atoms with Crippen LogP contribution in [0.1, 0.15) is 22.9 Å². The maximum absolute atomic E-state index is 12.8. The Morgan fingerprint density at radius 2 is 1.89 bits per heavy atom. The second-order valence-electron chi connectivity index (χ2n) is 6.05. The Balaban J connectivity index is 1.68. The summed E-state index contributed by atoms with van der Waals surface area (Å²) in [4.78, 5) is 12.1. The highest BCUT2D eigenvalue weighted by Crippen LogP contribution is 2.32. The van der Waals surface area contributed by atoms with Gasteiger partial charge in [0.2, 0.25) is 0 Å². The summed E-state index contributed by atoms with van der Waals surface area (Å²) in [6.45, 7) is 0. The Morgan fingerprint density at radius 1 is 1.14 bits per heavy atom. The Kier molecular flexibility index (Phi) is 6.03. The zero-order chi connectivity index (χ0) is 20.1. The average molecular weight is 407 g/mol. The number of aromatic nitrogens is 3. The number of halogens is 3. The molecule has 0 bridgehead atoms. The van der Waals surface area contributed by atoms with Gasteiger partial charge in [-0.2, -0.15) is 13.2 Å². The molecular weight excluding hydrogens is 391 g/mol. The lowest BCUT2D eigenvalue weighted by Gasteiger charge is -2.12. The van der Waals surface area contributed by atoms with E-state index in [1.807, 2.05) is 30.3 Å². The predicted molar refractivity (Wildman–Crippen MR) is 97.8 cm³/mol. The van der Waals surface area contributed by atoms with E-state index in [0.29, 0.717) is 10.6 Å². The number of alkyl halides is 3. The van der Waals surface area contributed by atoms with Gasteiger partial charge >= 0.3 is 12.1 Å². The standard InChI is InChI=1S/C19H16F3N3O2S/c20-19(21,22)14-7-4-8-16(10-14)28-12-15-11-25(24-23-15)17(18(26)27)9-13-5-2-1-3-6-13/h1-8,10-11,17H,9,12H2,(H,26,27)/t17-/m1/s1. The van der Waals surface area contributed by atoms with Crippen LogP contribution in [0.15, 0.2) is 65.7 Å². The minimum atomic E-state index is -4.40. The van der Waals surface area contributed by atoms with E-state index in [2.05, 4.69) is 10.3 Å². The van der Waals surface area contributed by atoms with Gasteiger partial charge < -0.3 is 5.11 Å². The summed E-state index contributed by atoms with van der Waals surface area (Å²) in [5, 5.41) is 17.4. The Bertz CT molecular complexity index is 945. The Hall–Kier alpha value is -2.81. The molecule has 0 aliphatic carbocycles. The second kappa shape index (κ2) is 8.47. The number of nitrogens with zero attached hydrogens (tertiary/aromatic N) is 3. The van der Waals surface area contributed by atoms with Gasteiger partial charge in [0.15, 0.2) is 6.04 Å². The van der Waals surface area contributed by atoms with E-state index in [9.17, 15) is 23.1 Å². The number of rotatable bonds is 7. The minimum absolute atomic E-state index is 0.250. The number of benzene rings is 2. The van der Waals surface area contributed by atoms with Crippen molar-refractivity contribution in [3.63, 3.8) is 0 Å². The highest BCUT2D eigenvalue weighted by atomic mass is 32.2. The van der Waals surface area contributed by atoms with Crippen LogP contribution in [0.5, 0.6) is 0 Å². The van der Waals surface area contributed by atoms with Gasteiger partial charge in [-0.15, -0.1) is 16.9 Å². The molecule has 0 amide bonds. The van der Waals surface area contributed by atoms with Crippen molar-refractivity contribution < 1.29 is 23.1 Å². The van der Waals surface area contributed by atoms with Gasteiger partial charge in [-0.3, -0.25) is 0 Å². The molecule has 28 heavy (non-hydrogen) atoms. The van der Waals surface area contributed by atoms with Crippen molar-refractivity contribution in [3.8, 4) is 0 Å². The van der Waals surface area contributed by atoms with Gasteiger partial charge in [0.1, 0.15) is 0 Å². The number of hydrogen-bond acceptors (Lipinski definition) is 4. The zero-order valence-corrected chi connectivity index (χ0v) is 15.3. The fourth-order valence-corrected chi connectivity index (χ4v) is 3.41. The van der Waals surface area contributed by atoms with Crippen molar-refractivity contribution in [1.29, 1.82) is 0 Å². The lowest BCUT2D eigenvalue weighted by atomic mass is 10.1. The fraction of sp³-hybridized carbons (Fsp3) is 0.211. The molecule has 5 nitrogen and oxygen atoms in total. The van der Waals surface area contributed by atoms with Crippen LogP contribution >= 0.6 is 11.8 Å². The van der Waals surface area contributed by atoms with Crippen LogP contribution in [0.4, 0.5) is 13.2 Å².